The minimum Gasteiger partial charge on any atom is -0.431 e. The Morgan fingerprint density at radius 3 is 1.94 bits per heavy atom. The molecule has 0 aliphatic rings. The summed E-state index contributed by atoms with van der Waals surface area (Å²) in [4.78, 5) is 26.2. The van der Waals surface area contributed by atoms with Crippen LogP contribution in [0.3, 0.4) is 0 Å². The van der Waals surface area contributed by atoms with Crippen molar-refractivity contribution in [2.75, 3.05) is 5.32 Å². The van der Waals surface area contributed by atoms with Crippen LogP contribution in [0.15, 0.2) is 97.4 Å². The SMILES string of the molecule is O=C(Nc1nc(-c2ccc(Br)cc2)cc(-c2ccc(Br)cc2)n1)Sc1nc2ccccc2o1. The molecule has 1 N–H and O–H groups in total. The van der Waals surface area contributed by atoms with E-state index >= 15 is 0 Å². The van der Waals surface area contributed by atoms with E-state index in [0.29, 0.717) is 22.5 Å². The lowest BCUT2D eigenvalue weighted by Crippen LogP contribution is -2.09. The number of fused-ring (bicyclic) bond motifs is 1. The van der Waals surface area contributed by atoms with Gasteiger partial charge in [-0.3, -0.25) is 10.1 Å². The van der Waals surface area contributed by atoms with Gasteiger partial charge in [0.05, 0.1) is 11.4 Å². The molecule has 3 aromatic carbocycles. The fourth-order valence-corrected chi connectivity index (χ4v) is 4.24. The van der Waals surface area contributed by atoms with Gasteiger partial charge < -0.3 is 4.42 Å². The lowest BCUT2D eigenvalue weighted by atomic mass is 10.1. The summed E-state index contributed by atoms with van der Waals surface area (Å²) in [5.74, 6) is 0.196. The topological polar surface area (TPSA) is 80.9 Å². The van der Waals surface area contributed by atoms with E-state index in [9.17, 15) is 4.79 Å². The summed E-state index contributed by atoms with van der Waals surface area (Å²) < 4.78 is 7.56. The van der Waals surface area contributed by atoms with Crippen LogP contribution in [0.1, 0.15) is 0 Å². The first-order chi connectivity index (χ1) is 16.0. The van der Waals surface area contributed by atoms with E-state index in [1.807, 2.05) is 72.8 Å². The number of thioether (sulfide) groups is 1. The summed E-state index contributed by atoms with van der Waals surface area (Å²) in [5, 5.41) is 2.62. The maximum absolute atomic E-state index is 12.7. The quantitative estimate of drug-likeness (QED) is 0.218. The van der Waals surface area contributed by atoms with Gasteiger partial charge in [-0.15, -0.1) is 0 Å². The second kappa shape index (κ2) is 9.46. The Morgan fingerprint density at radius 2 is 1.36 bits per heavy atom. The zero-order chi connectivity index (χ0) is 22.8. The first-order valence-electron chi connectivity index (χ1n) is 9.79. The highest BCUT2D eigenvalue weighted by Crippen LogP contribution is 2.29. The van der Waals surface area contributed by atoms with Crippen LogP contribution in [0.2, 0.25) is 0 Å². The molecule has 0 radical (unpaired) electrons. The van der Waals surface area contributed by atoms with Gasteiger partial charge in [0.2, 0.25) is 5.95 Å². The van der Waals surface area contributed by atoms with Crippen LogP contribution in [-0.2, 0) is 0 Å². The van der Waals surface area contributed by atoms with Crippen LogP contribution in [-0.4, -0.2) is 20.2 Å². The van der Waals surface area contributed by atoms with Gasteiger partial charge in [0.1, 0.15) is 5.52 Å². The number of aromatic nitrogens is 3. The first kappa shape index (κ1) is 21.8. The van der Waals surface area contributed by atoms with Crippen molar-refractivity contribution in [3.8, 4) is 22.5 Å². The van der Waals surface area contributed by atoms with Crippen LogP contribution in [0, 0.1) is 0 Å². The van der Waals surface area contributed by atoms with Crippen molar-refractivity contribution in [1.29, 1.82) is 0 Å². The minimum absolute atomic E-state index is 0.196. The maximum Gasteiger partial charge on any atom is 0.295 e. The molecule has 0 aliphatic heterocycles. The van der Waals surface area contributed by atoms with Gasteiger partial charge in [-0.2, -0.15) is 0 Å². The third-order valence-electron chi connectivity index (χ3n) is 4.67. The normalized spacial score (nSPS) is 11.0. The summed E-state index contributed by atoms with van der Waals surface area (Å²) in [6, 6.07) is 24.8. The maximum atomic E-state index is 12.7. The van der Waals surface area contributed by atoms with Crippen molar-refractivity contribution in [2.45, 2.75) is 5.22 Å². The van der Waals surface area contributed by atoms with Crippen LogP contribution in [0.5, 0.6) is 0 Å². The number of nitrogens with one attached hydrogen (secondary N) is 1. The number of rotatable bonds is 4. The summed E-state index contributed by atoms with van der Waals surface area (Å²) >= 11 is 7.76. The van der Waals surface area contributed by atoms with E-state index in [2.05, 4.69) is 52.1 Å². The van der Waals surface area contributed by atoms with Crippen LogP contribution < -0.4 is 5.32 Å². The zero-order valence-corrected chi connectivity index (χ0v) is 20.8. The third-order valence-corrected chi connectivity index (χ3v) is 6.37. The predicted octanol–water partition coefficient (Wildman–Crippen LogP) is 7.80. The number of carbonyl (C=O) groups excluding carboxylic acids is 1. The molecule has 0 spiro atoms. The molecule has 0 saturated carbocycles. The molecule has 2 heterocycles. The standard InChI is InChI=1S/C24H14Br2N4O2S/c25-16-9-5-14(6-10-16)19-13-20(15-7-11-17(26)12-8-15)28-22(27-19)30-23(31)33-24-29-18-3-1-2-4-21(18)32-24/h1-13H,(H,27,28,30,31). The fraction of sp³-hybridized carbons (Fsp3) is 0. The van der Waals surface area contributed by atoms with Crippen molar-refractivity contribution in [3.05, 3.63) is 87.8 Å². The minimum atomic E-state index is -0.392. The highest BCUT2D eigenvalue weighted by atomic mass is 79.9. The van der Waals surface area contributed by atoms with Crippen molar-refractivity contribution in [1.82, 2.24) is 15.0 Å². The molecule has 0 bridgehead atoms. The molecule has 5 rings (SSSR count). The molecule has 2 aromatic heterocycles. The number of nitrogens with zero attached hydrogens (tertiary/aromatic N) is 3. The smallest absolute Gasteiger partial charge is 0.295 e. The van der Waals surface area contributed by atoms with E-state index in [1.165, 1.54) is 0 Å². The molecule has 0 atom stereocenters. The molecule has 6 nitrogen and oxygen atoms in total. The monoisotopic (exact) mass is 580 g/mol. The van der Waals surface area contributed by atoms with Gasteiger partial charge >= 0.3 is 0 Å². The average Bonchev–Trinajstić information content (AvgIpc) is 3.22. The largest absolute Gasteiger partial charge is 0.431 e. The van der Waals surface area contributed by atoms with Gasteiger partial charge in [0.25, 0.3) is 10.5 Å². The lowest BCUT2D eigenvalue weighted by molar-refractivity contribution is 0.269. The van der Waals surface area contributed by atoms with Gasteiger partial charge in [-0.1, -0.05) is 68.3 Å². The molecule has 162 valence electrons. The molecule has 33 heavy (non-hydrogen) atoms. The summed E-state index contributed by atoms with van der Waals surface area (Å²) in [7, 11) is 0. The number of anilines is 1. The molecule has 0 unspecified atom stereocenters. The lowest BCUT2D eigenvalue weighted by Gasteiger charge is -2.09. The van der Waals surface area contributed by atoms with E-state index in [4.69, 9.17) is 4.42 Å². The second-order valence-corrected chi connectivity index (χ2v) is 9.69. The molecule has 0 fully saturated rings. The molecule has 9 heteroatoms. The highest BCUT2D eigenvalue weighted by Gasteiger charge is 2.15. The van der Waals surface area contributed by atoms with E-state index in [0.717, 1.165) is 31.8 Å². The molecule has 0 aliphatic carbocycles. The van der Waals surface area contributed by atoms with E-state index in [-0.39, 0.29) is 11.2 Å². The average molecular weight is 582 g/mol. The number of para-hydroxylation sites is 2. The van der Waals surface area contributed by atoms with Crippen molar-refractivity contribution in [2.24, 2.45) is 0 Å². The highest BCUT2D eigenvalue weighted by molar-refractivity contribution is 9.10. The summed E-state index contributed by atoms with van der Waals surface area (Å²) in [6.07, 6.45) is 0. The molecule has 0 saturated heterocycles. The Bertz CT molecular complexity index is 1360. The van der Waals surface area contributed by atoms with Gasteiger partial charge in [0, 0.05) is 31.8 Å². The Balaban J connectivity index is 1.46. The Hall–Kier alpha value is -3.01. The molecular formula is C24H14Br2N4O2S. The zero-order valence-electron chi connectivity index (χ0n) is 16.8. The number of benzene rings is 3. The Morgan fingerprint density at radius 1 is 0.788 bits per heavy atom. The van der Waals surface area contributed by atoms with Crippen molar-refractivity contribution < 1.29 is 9.21 Å². The number of hydrogen-bond donors (Lipinski definition) is 1. The third kappa shape index (κ3) is 5.16. The number of halogens is 2. The van der Waals surface area contributed by atoms with Gasteiger partial charge in [-0.25, -0.2) is 15.0 Å². The van der Waals surface area contributed by atoms with E-state index in [1.54, 1.807) is 6.07 Å². The Labute approximate surface area is 210 Å². The molecule has 1 amide bonds. The number of carbonyl (C=O) groups is 1. The molecule has 5 aromatic rings. The Kier molecular flexibility index (Phi) is 6.26. The van der Waals surface area contributed by atoms with Gasteiger partial charge in [-0.05, 0) is 42.5 Å². The second-order valence-electron chi connectivity index (χ2n) is 6.94. The van der Waals surface area contributed by atoms with Crippen molar-refractivity contribution >= 4 is 65.9 Å². The predicted molar refractivity (Wildman–Crippen MR) is 137 cm³/mol. The van der Waals surface area contributed by atoms with Crippen molar-refractivity contribution in [3.63, 3.8) is 0 Å². The van der Waals surface area contributed by atoms with E-state index < -0.39 is 5.24 Å². The van der Waals surface area contributed by atoms with Crippen LogP contribution >= 0.6 is 43.6 Å². The fourth-order valence-electron chi connectivity index (χ4n) is 3.13. The summed E-state index contributed by atoms with van der Waals surface area (Å²) in [5.41, 5.74) is 4.51. The number of hydrogen-bond acceptors (Lipinski definition) is 6. The first-order valence-corrected chi connectivity index (χ1v) is 12.2. The van der Waals surface area contributed by atoms with Crippen LogP contribution in [0.4, 0.5) is 10.7 Å². The number of amides is 1. The molecular weight excluding hydrogens is 568 g/mol. The summed E-state index contributed by atoms with van der Waals surface area (Å²) in [6.45, 7) is 0. The van der Waals surface area contributed by atoms with Crippen LogP contribution in [0.25, 0.3) is 33.6 Å². The number of oxazole rings is 1. The van der Waals surface area contributed by atoms with Gasteiger partial charge in [0.15, 0.2) is 5.58 Å².